The van der Waals surface area contributed by atoms with Crippen LogP contribution < -0.4 is 55.7 Å². The van der Waals surface area contributed by atoms with Gasteiger partial charge in [0, 0.05) is 61.5 Å². The minimum absolute atomic E-state index is 0.00256. The number of carbonyl (C=O) groups excluding carboxylic acids is 8. The largest absolute Gasteiger partial charge is 0.370 e. The molecule has 8 amide bonds. The number of aromatic nitrogens is 1. The molecule has 5 rings (SSSR count). The van der Waals surface area contributed by atoms with Gasteiger partial charge in [0.25, 0.3) is 0 Å². The summed E-state index contributed by atoms with van der Waals surface area (Å²) in [5, 5.41) is 13.5. The highest BCUT2D eigenvalue weighted by Crippen LogP contribution is 2.23. The number of amides is 8. The highest BCUT2D eigenvalue weighted by Gasteiger charge is 2.40. The molecule has 2 aromatic heterocycles. The number of aromatic amines is 1. The van der Waals surface area contributed by atoms with E-state index in [1.165, 1.54) is 21.1 Å². The van der Waals surface area contributed by atoms with E-state index in [1.807, 2.05) is 41.8 Å². The van der Waals surface area contributed by atoms with Crippen LogP contribution in [0, 0.1) is 0 Å². The number of hydrogen-bond donors (Lipinski definition) is 11. The van der Waals surface area contributed by atoms with Crippen LogP contribution >= 0.6 is 11.3 Å². The second-order valence-corrected chi connectivity index (χ2v) is 18.5. The molecule has 1 saturated heterocycles. The van der Waals surface area contributed by atoms with Gasteiger partial charge in [0.1, 0.15) is 36.3 Å². The van der Waals surface area contributed by atoms with Gasteiger partial charge in [-0.1, -0.05) is 54.6 Å². The number of nitrogens with one attached hydrogen (secondary N) is 5. The van der Waals surface area contributed by atoms with Crippen LogP contribution in [-0.2, 0) is 57.6 Å². The Kier molecular flexibility index (Phi) is 20.5. The summed E-state index contributed by atoms with van der Waals surface area (Å²) < 4.78 is 0. The number of aliphatic imine (C=N–C) groups is 2. The van der Waals surface area contributed by atoms with Crippen molar-refractivity contribution in [3.8, 4) is 0 Å². The van der Waals surface area contributed by atoms with E-state index in [1.54, 1.807) is 43.6 Å². The fourth-order valence-electron chi connectivity index (χ4n) is 8.38. The lowest BCUT2D eigenvalue weighted by Gasteiger charge is -2.32. The number of guanidine groups is 2. The second-order valence-electron chi connectivity index (χ2n) is 17.4. The summed E-state index contributed by atoms with van der Waals surface area (Å²) in [7, 11) is 1.55. The number of benzene rings is 2. The smallest absolute Gasteiger partial charge is 0.245 e. The number of rotatable bonds is 27. The van der Waals surface area contributed by atoms with Crippen LogP contribution in [0.3, 0.4) is 0 Å². The molecule has 72 heavy (non-hydrogen) atoms. The third-order valence-corrected chi connectivity index (χ3v) is 13.0. The number of H-pyrrole nitrogens is 1. The normalized spacial score (nSPS) is 15.2. The maximum atomic E-state index is 14.7. The lowest BCUT2D eigenvalue weighted by atomic mass is 10.0. The molecule has 6 atom stereocenters. The van der Waals surface area contributed by atoms with Crippen molar-refractivity contribution in [3.63, 3.8) is 0 Å². The van der Waals surface area contributed by atoms with E-state index in [4.69, 9.17) is 34.4 Å². The van der Waals surface area contributed by atoms with Gasteiger partial charge in [-0.2, -0.15) is 0 Å². The number of likely N-dealkylation sites (tertiary alicyclic amines) is 1. The number of para-hydroxylation sites is 1. The average molecular weight is 1010 g/mol. The number of thiophene rings is 1. The number of likely N-dealkylation sites (N-methyl/N-ethyl adjacent to an activating group) is 1. The Balaban J connectivity index is 1.41. The molecule has 0 radical (unpaired) electrons. The van der Waals surface area contributed by atoms with Crippen molar-refractivity contribution in [1.29, 1.82) is 0 Å². The van der Waals surface area contributed by atoms with Gasteiger partial charge in [-0.05, 0) is 67.2 Å². The second kappa shape index (κ2) is 26.8. The van der Waals surface area contributed by atoms with Gasteiger partial charge in [0.15, 0.2) is 11.9 Å². The minimum atomic E-state index is -1.47. The van der Waals surface area contributed by atoms with E-state index in [-0.39, 0.29) is 88.8 Å². The summed E-state index contributed by atoms with van der Waals surface area (Å²) >= 11 is 1.42. The van der Waals surface area contributed by atoms with Crippen molar-refractivity contribution in [2.75, 3.05) is 26.7 Å². The summed E-state index contributed by atoms with van der Waals surface area (Å²) in [6, 6.07) is 12.7. The number of nitrogens with zero attached hydrogens (tertiary/aromatic N) is 4. The van der Waals surface area contributed by atoms with Crippen molar-refractivity contribution in [3.05, 3.63) is 94.3 Å². The SMILES string of the molecule is CN(C(=O)Cc1cccs1)[C@@H](Cc1c[nH]c2ccccc12)C(=O)N[C@@H](Cc1ccccc1)C(=O)N[C@@H](CCCN=C(N)N)C(=O)N1CCC[C@H]1C(=O)N[C@@H](CCCN=C(N)N)C(=O)N[C@@H](CC(N)=O)C(N)=O. The summed E-state index contributed by atoms with van der Waals surface area (Å²) in [5.74, 6) is -6.16. The van der Waals surface area contributed by atoms with Crippen LogP contribution in [0.2, 0.25) is 0 Å². The maximum Gasteiger partial charge on any atom is 0.245 e. The van der Waals surface area contributed by atoms with E-state index in [0.29, 0.717) is 12.0 Å². The summed E-state index contributed by atoms with van der Waals surface area (Å²) in [6.45, 7) is 0.279. The fraction of sp³-hybridized carbons (Fsp3) is 0.417. The number of carbonyl (C=O) groups is 8. The van der Waals surface area contributed by atoms with Crippen LogP contribution in [0.5, 0.6) is 0 Å². The molecule has 0 aliphatic carbocycles. The van der Waals surface area contributed by atoms with Crippen LogP contribution in [-0.4, -0.2) is 137 Å². The third-order valence-electron chi connectivity index (χ3n) is 12.1. The summed E-state index contributed by atoms with van der Waals surface area (Å²) in [5.41, 5.74) is 35.1. The molecule has 1 fully saturated rings. The lowest BCUT2D eigenvalue weighted by Crippen LogP contribution is -2.60. The monoisotopic (exact) mass is 1010 g/mol. The first-order valence-corrected chi connectivity index (χ1v) is 24.4. The first-order valence-electron chi connectivity index (χ1n) is 23.5. The Bertz CT molecular complexity index is 2580. The zero-order valence-corrected chi connectivity index (χ0v) is 40.9. The molecule has 4 aromatic rings. The highest BCUT2D eigenvalue weighted by molar-refractivity contribution is 7.10. The Hall–Kier alpha value is -8.02. The summed E-state index contributed by atoms with van der Waals surface area (Å²) in [4.78, 5) is 124. The fourth-order valence-corrected chi connectivity index (χ4v) is 9.07. The molecule has 24 heteroatoms. The molecule has 0 bridgehead atoms. The topological polar surface area (TPSA) is 388 Å². The molecule has 2 aromatic carbocycles. The Morgan fingerprint density at radius 3 is 2.00 bits per heavy atom. The van der Waals surface area contributed by atoms with E-state index in [9.17, 15) is 38.4 Å². The van der Waals surface area contributed by atoms with Crippen molar-refractivity contribution in [2.24, 2.45) is 44.4 Å². The predicted molar refractivity (Wildman–Crippen MR) is 272 cm³/mol. The molecule has 0 saturated carbocycles. The van der Waals surface area contributed by atoms with Crippen LogP contribution in [0.25, 0.3) is 10.9 Å². The number of nitrogens with two attached hydrogens (primary N) is 6. The van der Waals surface area contributed by atoms with Crippen LogP contribution in [0.4, 0.5) is 0 Å². The molecule has 17 N–H and O–H groups in total. The van der Waals surface area contributed by atoms with E-state index in [0.717, 1.165) is 21.3 Å². The quantitative estimate of drug-likeness (QED) is 0.0184. The molecule has 23 nitrogen and oxygen atoms in total. The first-order chi connectivity index (χ1) is 34.4. The average Bonchev–Trinajstić information content (AvgIpc) is 4.14. The number of primary amides is 2. The zero-order valence-electron chi connectivity index (χ0n) is 40.1. The van der Waals surface area contributed by atoms with E-state index < -0.39 is 84.0 Å². The van der Waals surface area contributed by atoms with Gasteiger partial charge in [0.2, 0.25) is 47.3 Å². The van der Waals surface area contributed by atoms with Crippen LogP contribution in [0.1, 0.15) is 60.9 Å². The lowest BCUT2D eigenvalue weighted by molar-refractivity contribution is -0.143. The molecule has 0 unspecified atom stereocenters. The molecule has 1 aliphatic heterocycles. The molecule has 0 spiro atoms. The van der Waals surface area contributed by atoms with Crippen molar-refractivity contribution >= 4 is 81.4 Å². The number of hydrogen-bond acceptors (Lipinski definition) is 11. The third kappa shape index (κ3) is 16.3. The molecule has 386 valence electrons. The van der Waals surface area contributed by atoms with Crippen molar-refractivity contribution in [2.45, 2.75) is 100 Å². The van der Waals surface area contributed by atoms with E-state index >= 15 is 0 Å². The maximum absolute atomic E-state index is 14.7. The Labute approximate surface area is 420 Å². The van der Waals surface area contributed by atoms with E-state index in [2.05, 4.69) is 36.2 Å². The van der Waals surface area contributed by atoms with Gasteiger partial charge in [0.05, 0.1) is 12.8 Å². The molecular formula is C48H65N15O8S. The van der Waals surface area contributed by atoms with Crippen molar-refractivity contribution < 1.29 is 38.4 Å². The number of fused-ring (bicyclic) bond motifs is 1. The summed E-state index contributed by atoms with van der Waals surface area (Å²) in [6.07, 6.45) is 2.29. The minimum Gasteiger partial charge on any atom is -0.370 e. The molecular weight excluding hydrogens is 947 g/mol. The van der Waals surface area contributed by atoms with Gasteiger partial charge in [-0.3, -0.25) is 48.3 Å². The highest BCUT2D eigenvalue weighted by atomic mass is 32.1. The predicted octanol–water partition coefficient (Wildman–Crippen LogP) is -1.52. The van der Waals surface area contributed by atoms with Crippen molar-refractivity contribution in [1.82, 2.24) is 36.1 Å². The first kappa shape index (κ1) is 54.9. The van der Waals surface area contributed by atoms with Gasteiger partial charge >= 0.3 is 0 Å². The molecule has 1 aliphatic rings. The zero-order chi connectivity index (χ0) is 52.3. The Morgan fingerprint density at radius 1 is 0.736 bits per heavy atom. The van der Waals surface area contributed by atoms with Gasteiger partial charge in [-0.15, -0.1) is 11.3 Å². The Morgan fingerprint density at radius 2 is 1.36 bits per heavy atom. The standard InChI is InChI=1S/C48H65N15O8S/c1-62(40(65)25-30-13-10-22-72-30)38(24-29-27-57-32-15-6-5-14-31(29)32)45(70)61-36(23-28-11-3-2-4-12-28)43(68)59-34(17-8-20-56-48(53)54)46(71)63-21-9-18-37(63)44(69)58-33(16-7-19-55-47(51)52)42(67)60-35(41(50)66)26-39(49)64/h2-6,10-15,22,27,33-38,57H,7-9,16-21,23-26H2,1H3,(H2,49,64)(H2,50,66)(H,58,69)(H,59,68)(H,60,67)(H,61,70)(H4,51,52,55)(H4,53,54,56)/t33-,34-,35-,36-,37-,38-/m0/s1. The van der Waals surface area contributed by atoms with Crippen LogP contribution in [0.15, 0.2) is 88.3 Å². The van der Waals surface area contributed by atoms with Gasteiger partial charge < -0.3 is 70.5 Å². The van der Waals surface area contributed by atoms with Gasteiger partial charge in [-0.25, -0.2) is 0 Å². The molecule has 3 heterocycles.